The minimum Gasteiger partial charge on any atom is -0.309 e. The molecule has 27 heavy (non-hydrogen) atoms. The van der Waals surface area contributed by atoms with E-state index in [1.165, 1.54) is 23.5 Å². The Bertz CT molecular complexity index is 895. The molecule has 1 aromatic heterocycles. The molecule has 0 aliphatic rings. The lowest BCUT2D eigenvalue weighted by Crippen LogP contribution is -2.33. The Morgan fingerprint density at radius 1 is 1.07 bits per heavy atom. The standard InChI is InChI=1S/C21H22FN3OS/c1-24(2)12-7-13-25(20(26)17-10-6-11-18(22)14-17)21-23-19(15-27-21)16-8-4-3-5-9-16/h3-6,8-11,14-15H,7,12-13H2,1-2H3. The Balaban J connectivity index is 1.87. The summed E-state index contributed by atoms with van der Waals surface area (Å²) in [5.74, 6) is -0.652. The molecule has 140 valence electrons. The molecule has 0 fully saturated rings. The number of thiazole rings is 1. The SMILES string of the molecule is CN(C)CCCN(C(=O)c1cccc(F)c1)c1nc(-c2ccccc2)cs1. The zero-order valence-corrected chi connectivity index (χ0v) is 16.2. The van der Waals surface area contributed by atoms with Gasteiger partial charge in [-0.1, -0.05) is 36.4 Å². The second-order valence-electron chi connectivity index (χ2n) is 6.51. The molecule has 3 rings (SSSR count). The first-order valence-electron chi connectivity index (χ1n) is 8.77. The fourth-order valence-corrected chi connectivity index (χ4v) is 3.59. The molecule has 0 aliphatic carbocycles. The Morgan fingerprint density at radius 3 is 2.56 bits per heavy atom. The summed E-state index contributed by atoms with van der Waals surface area (Å²) in [5, 5.41) is 2.57. The number of carbonyl (C=O) groups is 1. The van der Waals surface area contributed by atoms with Gasteiger partial charge in [-0.2, -0.15) is 0 Å². The molecule has 3 aromatic rings. The van der Waals surface area contributed by atoms with Gasteiger partial charge in [0.1, 0.15) is 5.82 Å². The van der Waals surface area contributed by atoms with Crippen molar-refractivity contribution in [1.82, 2.24) is 9.88 Å². The maximum atomic E-state index is 13.6. The lowest BCUT2D eigenvalue weighted by atomic mass is 10.2. The molecule has 1 amide bonds. The summed E-state index contributed by atoms with van der Waals surface area (Å²) in [6.07, 6.45) is 0.800. The molecule has 0 aliphatic heterocycles. The molecule has 0 saturated heterocycles. The van der Waals surface area contributed by atoms with Crippen molar-refractivity contribution in [2.45, 2.75) is 6.42 Å². The van der Waals surface area contributed by atoms with Crippen LogP contribution in [0.1, 0.15) is 16.8 Å². The number of anilines is 1. The van der Waals surface area contributed by atoms with Crippen LogP contribution in [0, 0.1) is 5.82 Å². The van der Waals surface area contributed by atoms with Gasteiger partial charge in [0.2, 0.25) is 0 Å². The number of nitrogens with zero attached hydrogens (tertiary/aromatic N) is 3. The van der Waals surface area contributed by atoms with E-state index in [2.05, 4.69) is 9.88 Å². The van der Waals surface area contributed by atoms with Crippen LogP contribution >= 0.6 is 11.3 Å². The highest BCUT2D eigenvalue weighted by Crippen LogP contribution is 2.28. The van der Waals surface area contributed by atoms with Crippen molar-refractivity contribution in [2.24, 2.45) is 0 Å². The second kappa shape index (κ2) is 8.88. The number of amides is 1. The number of halogens is 1. The van der Waals surface area contributed by atoms with Crippen LogP contribution in [0.15, 0.2) is 60.0 Å². The third kappa shape index (κ3) is 4.99. The molecule has 0 unspecified atom stereocenters. The highest BCUT2D eigenvalue weighted by Gasteiger charge is 2.21. The lowest BCUT2D eigenvalue weighted by molar-refractivity contribution is 0.0985. The molecule has 0 bridgehead atoms. The van der Waals surface area contributed by atoms with Gasteiger partial charge in [-0.15, -0.1) is 11.3 Å². The normalized spacial score (nSPS) is 11.0. The quantitative estimate of drug-likeness (QED) is 0.601. The van der Waals surface area contributed by atoms with E-state index < -0.39 is 5.82 Å². The highest BCUT2D eigenvalue weighted by molar-refractivity contribution is 7.14. The first-order chi connectivity index (χ1) is 13.0. The van der Waals surface area contributed by atoms with Crippen LogP contribution in [0.2, 0.25) is 0 Å². The zero-order chi connectivity index (χ0) is 19.2. The smallest absolute Gasteiger partial charge is 0.260 e. The predicted octanol–water partition coefficient (Wildman–Crippen LogP) is 4.55. The molecule has 4 nitrogen and oxygen atoms in total. The Kier molecular flexibility index (Phi) is 6.32. The van der Waals surface area contributed by atoms with Gasteiger partial charge in [0.15, 0.2) is 5.13 Å². The van der Waals surface area contributed by atoms with Gasteiger partial charge in [-0.05, 0) is 45.3 Å². The van der Waals surface area contributed by atoms with Crippen molar-refractivity contribution in [3.8, 4) is 11.3 Å². The molecular weight excluding hydrogens is 361 g/mol. The van der Waals surface area contributed by atoms with E-state index in [9.17, 15) is 9.18 Å². The fourth-order valence-electron chi connectivity index (χ4n) is 2.74. The number of aromatic nitrogens is 1. The Labute approximate surface area is 162 Å². The molecular formula is C21H22FN3OS. The van der Waals surface area contributed by atoms with Gasteiger partial charge in [0.05, 0.1) is 5.69 Å². The first-order valence-corrected chi connectivity index (χ1v) is 9.65. The maximum absolute atomic E-state index is 13.6. The number of hydrogen-bond acceptors (Lipinski definition) is 4. The van der Waals surface area contributed by atoms with Crippen molar-refractivity contribution in [3.05, 3.63) is 71.4 Å². The van der Waals surface area contributed by atoms with Gasteiger partial charge in [0.25, 0.3) is 5.91 Å². The minimum absolute atomic E-state index is 0.234. The monoisotopic (exact) mass is 383 g/mol. The van der Waals surface area contributed by atoms with Crippen molar-refractivity contribution in [3.63, 3.8) is 0 Å². The summed E-state index contributed by atoms with van der Waals surface area (Å²) < 4.78 is 13.6. The predicted molar refractivity (Wildman–Crippen MR) is 109 cm³/mol. The molecule has 1 heterocycles. The first kappa shape index (κ1) is 19.2. The van der Waals surface area contributed by atoms with Crippen LogP contribution in [0.5, 0.6) is 0 Å². The van der Waals surface area contributed by atoms with Crippen molar-refractivity contribution < 1.29 is 9.18 Å². The van der Waals surface area contributed by atoms with Crippen molar-refractivity contribution in [2.75, 3.05) is 32.1 Å². The molecule has 0 N–H and O–H groups in total. The highest BCUT2D eigenvalue weighted by atomic mass is 32.1. The number of hydrogen-bond donors (Lipinski definition) is 0. The third-order valence-electron chi connectivity index (χ3n) is 4.10. The van der Waals surface area contributed by atoms with E-state index >= 15 is 0 Å². The van der Waals surface area contributed by atoms with E-state index in [0.29, 0.717) is 17.2 Å². The molecule has 0 spiro atoms. The molecule has 0 radical (unpaired) electrons. The van der Waals surface area contributed by atoms with Crippen molar-refractivity contribution >= 4 is 22.4 Å². The molecule has 0 saturated carbocycles. The largest absolute Gasteiger partial charge is 0.309 e. The number of benzene rings is 2. The van der Waals surface area contributed by atoms with Crippen molar-refractivity contribution in [1.29, 1.82) is 0 Å². The maximum Gasteiger partial charge on any atom is 0.260 e. The van der Waals surface area contributed by atoms with Crippen LogP contribution in [0.25, 0.3) is 11.3 Å². The van der Waals surface area contributed by atoms with Gasteiger partial charge < -0.3 is 4.90 Å². The number of carbonyl (C=O) groups excluding carboxylic acids is 1. The van der Waals surface area contributed by atoms with Crippen LogP contribution in [-0.2, 0) is 0 Å². The van der Waals surface area contributed by atoms with Crippen LogP contribution in [0.4, 0.5) is 9.52 Å². The summed E-state index contributed by atoms with van der Waals surface area (Å²) in [6.45, 7) is 1.37. The van der Waals surface area contributed by atoms with E-state index in [1.54, 1.807) is 17.0 Å². The average molecular weight is 383 g/mol. The molecule has 6 heteroatoms. The van der Waals surface area contributed by atoms with Crippen LogP contribution in [0.3, 0.4) is 0 Å². The van der Waals surface area contributed by atoms with Gasteiger partial charge in [-0.25, -0.2) is 9.37 Å². The third-order valence-corrected chi connectivity index (χ3v) is 4.96. The average Bonchev–Trinajstić information content (AvgIpc) is 3.15. The topological polar surface area (TPSA) is 36.4 Å². The summed E-state index contributed by atoms with van der Waals surface area (Å²) in [7, 11) is 3.99. The minimum atomic E-state index is -0.418. The Hall–Kier alpha value is -2.57. The van der Waals surface area contributed by atoms with Gasteiger partial charge in [0, 0.05) is 23.1 Å². The number of rotatable bonds is 7. The van der Waals surface area contributed by atoms with E-state index in [-0.39, 0.29) is 5.91 Å². The molecule has 0 atom stereocenters. The fraction of sp³-hybridized carbons (Fsp3) is 0.238. The summed E-state index contributed by atoms with van der Waals surface area (Å²) in [6, 6.07) is 15.7. The van der Waals surface area contributed by atoms with E-state index in [0.717, 1.165) is 24.2 Å². The molecule has 2 aromatic carbocycles. The van der Waals surface area contributed by atoms with Crippen LogP contribution in [-0.4, -0.2) is 43.0 Å². The summed E-state index contributed by atoms with van der Waals surface area (Å²) in [5.41, 5.74) is 2.17. The van der Waals surface area contributed by atoms with Gasteiger partial charge in [-0.3, -0.25) is 9.69 Å². The van der Waals surface area contributed by atoms with Gasteiger partial charge >= 0.3 is 0 Å². The second-order valence-corrected chi connectivity index (χ2v) is 7.34. The zero-order valence-electron chi connectivity index (χ0n) is 15.4. The van der Waals surface area contributed by atoms with Crippen LogP contribution < -0.4 is 4.90 Å². The summed E-state index contributed by atoms with van der Waals surface area (Å²) in [4.78, 5) is 21.4. The van der Waals surface area contributed by atoms with E-state index in [4.69, 9.17) is 0 Å². The summed E-state index contributed by atoms with van der Waals surface area (Å²) >= 11 is 1.43. The Morgan fingerprint density at radius 2 is 1.85 bits per heavy atom. The lowest BCUT2D eigenvalue weighted by Gasteiger charge is -2.21. The van der Waals surface area contributed by atoms with E-state index in [1.807, 2.05) is 49.8 Å².